The van der Waals surface area contributed by atoms with Gasteiger partial charge in [-0.05, 0) is 69.0 Å². The van der Waals surface area contributed by atoms with Gasteiger partial charge >= 0.3 is 0 Å². The molecule has 5 nitrogen and oxygen atoms in total. The van der Waals surface area contributed by atoms with Crippen LogP contribution in [0.15, 0.2) is 66.9 Å². The quantitative estimate of drug-likeness (QED) is 0.529. The van der Waals surface area contributed by atoms with Crippen molar-refractivity contribution in [1.29, 1.82) is 0 Å². The standard InChI is InChI=1S/C28H31N3O2/c1-20-13-15-23(16-14-20)31(26(32)24-12-5-8-19-29-24)28(17-6-4-7-18-28)27(33)30-25-21(2)10-9-11-22(25)3/h5,8-16,19H,4,6-7,17-18H2,1-3H3,(H,30,33). The van der Waals surface area contributed by atoms with E-state index in [4.69, 9.17) is 0 Å². The van der Waals surface area contributed by atoms with Crippen LogP contribution < -0.4 is 10.2 Å². The van der Waals surface area contributed by atoms with E-state index in [1.807, 2.05) is 63.2 Å². The Labute approximate surface area is 195 Å². The Hall–Kier alpha value is -3.47. The lowest BCUT2D eigenvalue weighted by Gasteiger charge is -2.45. The summed E-state index contributed by atoms with van der Waals surface area (Å²) in [5, 5.41) is 3.20. The van der Waals surface area contributed by atoms with Gasteiger partial charge in [0.25, 0.3) is 11.8 Å². The first-order valence-corrected chi connectivity index (χ1v) is 11.6. The Morgan fingerprint density at radius 3 is 2.12 bits per heavy atom. The lowest BCUT2D eigenvalue weighted by atomic mass is 9.78. The molecule has 0 unspecified atom stereocenters. The first-order chi connectivity index (χ1) is 15.9. The summed E-state index contributed by atoms with van der Waals surface area (Å²) in [5.74, 6) is -0.387. The minimum atomic E-state index is -0.989. The average molecular weight is 442 g/mol. The number of carbonyl (C=O) groups is 2. The number of hydrogen-bond donors (Lipinski definition) is 1. The van der Waals surface area contributed by atoms with E-state index in [0.717, 1.165) is 47.3 Å². The number of anilines is 2. The number of rotatable bonds is 5. The van der Waals surface area contributed by atoms with Gasteiger partial charge in [0.15, 0.2) is 0 Å². The van der Waals surface area contributed by atoms with Crippen molar-refractivity contribution in [2.24, 2.45) is 0 Å². The van der Waals surface area contributed by atoms with Crippen LogP contribution in [0.5, 0.6) is 0 Å². The fourth-order valence-corrected chi connectivity index (χ4v) is 4.79. The van der Waals surface area contributed by atoms with Crippen LogP contribution in [0, 0.1) is 20.8 Å². The molecule has 2 aromatic carbocycles. The highest BCUT2D eigenvalue weighted by atomic mass is 16.2. The number of amides is 2. The Morgan fingerprint density at radius 1 is 0.848 bits per heavy atom. The van der Waals surface area contributed by atoms with Crippen LogP contribution in [0.2, 0.25) is 0 Å². The van der Waals surface area contributed by atoms with Crippen molar-refractivity contribution in [3.63, 3.8) is 0 Å². The molecule has 3 aromatic rings. The molecule has 1 N–H and O–H groups in total. The number of hydrogen-bond acceptors (Lipinski definition) is 3. The zero-order valence-corrected chi connectivity index (χ0v) is 19.6. The van der Waals surface area contributed by atoms with Crippen molar-refractivity contribution in [2.75, 3.05) is 10.2 Å². The summed E-state index contributed by atoms with van der Waals surface area (Å²) in [6, 6.07) is 19.1. The summed E-state index contributed by atoms with van der Waals surface area (Å²) in [4.78, 5) is 34.0. The van der Waals surface area contributed by atoms with E-state index in [2.05, 4.69) is 10.3 Å². The maximum absolute atomic E-state index is 14.1. The molecule has 170 valence electrons. The van der Waals surface area contributed by atoms with Crippen molar-refractivity contribution < 1.29 is 9.59 Å². The molecule has 0 atom stereocenters. The molecule has 1 aliphatic carbocycles. The number of aromatic nitrogens is 1. The molecule has 33 heavy (non-hydrogen) atoms. The second-order valence-corrected chi connectivity index (χ2v) is 9.00. The average Bonchev–Trinajstić information content (AvgIpc) is 2.84. The number of nitrogens with zero attached hydrogens (tertiary/aromatic N) is 2. The van der Waals surface area contributed by atoms with E-state index >= 15 is 0 Å². The summed E-state index contributed by atoms with van der Waals surface area (Å²) < 4.78 is 0. The zero-order chi connectivity index (χ0) is 23.4. The molecule has 0 radical (unpaired) electrons. The first kappa shape index (κ1) is 22.7. The van der Waals surface area contributed by atoms with Crippen molar-refractivity contribution in [1.82, 2.24) is 4.98 Å². The molecule has 2 amide bonds. The number of para-hydroxylation sites is 1. The fraction of sp³-hybridized carbons (Fsp3) is 0.321. The SMILES string of the molecule is Cc1ccc(N(C(=O)c2ccccn2)C2(C(=O)Nc3c(C)cccc3C)CCCCC2)cc1. The molecule has 0 aliphatic heterocycles. The molecule has 5 heteroatoms. The predicted octanol–water partition coefficient (Wildman–Crippen LogP) is 6.00. The van der Waals surface area contributed by atoms with Crippen LogP contribution >= 0.6 is 0 Å². The van der Waals surface area contributed by atoms with Gasteiger partial charge in [-0.2, -0.15) is 0 Å². The number of nitrogens with one attached hydrogen (secondary N) is 1. The Bertz CT molecular complexity index is 1110. The van der Waals surface area contributed by atoms with Gasteiger partial charge in [0.1, 0.15) is 11.2 Å². The number of aryl methyl sites for hydroxylation is 3. The van der Waals surface area contributed by atoms with Gasteiger partial charge in [-0.3, -0.25) is 19.5 Å². The molecule has 1 heterocycles. The molecule has 0 spiro atoms. The molecule has 1 aromatic heterocycles. The van der Waals surface area contributed by atoms with E-state index in [-0.39, 0.29) is 11.8 Å². The molecule has 0 saturated heterocycles. The number of carbonyl (C=O) groups excluding carboxylic acids is 2. The van der Waals surface area contributed by atoms with E-state index in [9.17, 15) is 9.59 Å². The summed E-state index contributed by atoms with van der Waals surface area (Å²) in [6.07, 6.45) is 5.66. The maximum atomic E-state index is 14.1. The lowest BCUT2D eigenvalue weighted by Crippen LogP contribution is -2.60. The van der Waals surface area contributed by atoms with Gasteiger partial charge in [0.05, 0.1) is 0 Å². The van der Waals surface area contributed by atoms with E-state index in [0.29, 0.717) is 18.5 Å². The van der Waals surface area contributed by atoms with Gasteiger partial charge in [0, 0.05) is 17.6 Å². The van der Waals surface area contributed by atoms with Crippen molar-refractivity contribution in [3.05, 3.63) is 89.2 Å². The molecule has 1 saturated carbocycles. The van der Waals surface area contributed by atoms with Crippen molar-refractivity contribution in [2.45, 2.75) is 58.4 Å². The van der Waals surface area contributed by atoms with Crippen LogP contribution in [0.3, 0.4) is 0 Å². The van der Waals surface area contributed by atoms with E-state index in [1.165, 1.54) is 0 Å². The molecule has 0 bridgehead atoms. The highest BCUT2D eigenvalue weighted by molar-refractivity contribution is 6.13. The topological polar surface area (TPSA) is 62.3 Å². The Kier molecular flexibility index (Phi) is 6.59. The predicted molar refractivity (Wildman–Crippen MR) is 133 cm³/mol. The second kappa shape index (κ2) is 9.57. The molecule has 1 fully saturated rings. The third kappa shape index (κ3) is 4.54. The largest absolute Gasteiger partial charge is 0.324 e. The minimum Gasteiger partial charge on any atom is -0.324 e. The van der Waals surface area contributed by atoms with Gasteiger partial charge in [-0.15, -0.1) is 0 Å². The van der Waals surface area contributed by atoms with Crippen LogP contribution in [0.1, 0.15) is 59.3 Å². The van der Waals surface area contributed by atoms with Crippen LogP contribution in [0.4, 0.5) is 11.4 Å². The molecule has 4 rings (SSSR count). The smallest absolute Gasteiger partial charge is 0.277 e. The van der Waals surface area contributed by atoms with E-state index in [1.54, 1.807) is 29.3 Å². The van der Waals surface area contributed by atoms with Gasteiger partial charge in [0.2, 0.25) is 0 Å². The van der Waals surface area contributed by atoms with Crippen LogP contribution in [-0.2, 0) is 4.79 Å². The van der Waals surface area contributed by atoms with Gasteiger partial charge in [-0.25, -0.2) is 0 Å². The maximum Gasteiger partial charge on any atom is 0.277 e. The van der Waals surface area contributed by atoms with Gasteiger partial charge < -0.3 is 5.32 Å². The Balaban J connectivity index is 1.83. The van der Waals surface area contributed by atoms with Crippen LogP contribution in [0.25, 0.3) is 0 Å². The molecule has 1 aliphatic rings. The Morgan fingerprint density at radius 2 is 1.52 bits per heavy atom. The first-order valence-electron chi connectivity index (χ1n) is 11.6. The second-order valence-electron chi connectivity index (χ2n) is 9.00. The lowest BCUT2D eigenvalue weighted by molar-refractivity contribution is -0.122. The summed E-state index contributed by atoms with van der Waals surface area (Å²) in [5.41, 5.74) is 4.00. The third-order valence-corrected chi connectivity index (χ3v) is 6.63. The highest BCUT2D eigenvalue weighted by Gasteiger charge is 2.48. The summed E-state index contributed by atoms with van der Waals surface area (Å²) >= 11 is 0. The van der Waals surface area contributed by atoms with E-state index < -0.39 is 5.54 Å². The molecular formula is C28H31N3O2. The fourth-order valence-electron chi connectivity index (χ4n) is 4.79. The van der Waals surface area contributed by atoms with Gasteiger partial charge in [-0.1, -0.05) is 61.2 Å². The van der Waals surface area contributed by atoms with Crippen molar-refractivity contribution >= 4 is 23.2 Å². The number of pyridine rings is 1. The third-order valence-electron chi connectivity index (χ3n) is 6.63. The minimum absolute atomic E-state index is 0.135. The highest BCUT2D eigenvalue weighted by Crippen LogP contribution is 2.39. The monoisotopic (exact) mass is 441 g/mol. The number of benzene rings is 2. The van der Waals surface area contributed by atoms with Crippen molar-refractivity contribution in [3.8, 4) is 0 Å². The summed E-state index contributed by atoms with van der Waals surface area (Å²) in [7, 11) is 0. The zero-order valence-electron chi connectivity index (χ0n) is 19.6. The normalized spacial score (nSPS) is 15.0. The summed E-state index contributed by atoms with van der Waals surface area (Å²) in [6.45, 7) is 6.00. The van der Waals surface area contributed by atoms with Crippen LogP contribution in [-0.4, -0.2) is 22.3 Å². The molecular weight excluding hydrogens is 410 g/mol.